The first-order chi connectivity index (χ1) is 15.4. The SMILES string of the molecule is CC(C)(C)OC(=O)N1[C@@H]2C[C@@H]2C[C@H]1C(=O)NCc1cc(-c2ccc(C(F)(F)F)nc2)ncn1. The Bertz CT molecular complexity index is 1050. The van der Waals surface area contributed by atoms with Crippen molar-refractivity contribution < 1.29 is 27.5 Å². The second-order valence-electron chi connectivity index (χ2n) is 9.24. The van der Waals surface area contributed by atoms with Gasteiger partial charge in [-0.1, -0.05) is 0 Å². The zero-order valence-corrected chi connectivity index (χ0v) is 18.4. The number of rotatable bonds is 4. The van der Waals surface area contributed by atoms with Crippen molar-refractivity contribution in [2.75, 3.05) is 0 Å². The van der Waals surface area contributed by atoms with E-state index in [2.05, 4.69) is 20.3 Å². The lowest BCUT2D eigenvalue weighted by atomic mass is 10.1. The highest BCUT2D eigenvalue weighted by Gasteiger charge is 2.57. The molecule has 0 spiro atoms. The number of piperidine rings is 1. The largest absolute Gasteiger partial charge is 0.444 e. The molecule has 1 N–H and O–H groups in total. The molecule has 1 aliphatic carbocycles. The third-order valence-corrected chi connectivity index (χ3v) is 5.53. The first-order valence-corrected chi connectivity index (χ1v) is 10.6. The second kappa shape index (κ2) is 8.27. The molecule has 176 valence electrons. The molecule has 2 fully saturated rings. The van der Waals surface area contributed by atoms with Crippen molar-refractivity contribution >= 4 is 12.0 Å². The summed E-state index contributed by atoms with van der Waals surface area (Å²) in [5.74, 6) is 0.00973. The van der Waals surface area contributed by atoms with E-state index in [1.54, 1.807) is 26.8 Å². The van der Waals surface area contributed by atoms with Crippen LogP contribution in [-0.2, 0) is 22.3 Å². The summed E-state index contributed by atoms with van der Waals surface area (Å²) in [4.78, 5) is 38.6. The molecule has 1 saturated carbocycles. The monoisotopic (exact) mass is 463 g/mol. The maximum absolute atomic E-state index is 12.8. The van der Waals surface area contributed by atoms with Crippen LogP contribution in [0.15, 0.2) is 30.7 Å². The molecule has 0 radical (unpaired) electrons. The van der Waals surface area contributed by atoms with Gasteiger partial charge in [0.1, 0.15) is 23.7 Å². The van der Waals surface area contributed by atoms with E-state index in [1.165, 1.54) is 17.3 Å². The summed E-state index contributed by atoms with van der Waals surface area (Å²) < 4.78 is 43.6. The molecule has 3 heterocycles. The van der Waals surface area contributed by atoms with Crippen LogP contribution >= 0.6 is 0 Å². The van der Waals surface area contributed by atoms with Crippen LogP contribution in [0.25, 0.3) is 11.3 Å². The third-order valence-electron chi connectivity index (χ3n) is 5.53. The molecule has 2 aromatic rings. The van der Waals surface area contributed by atoms with E-state index in [1.807, 2.05) is 0 Å². The molecular formula is C22H24F3N5O3. The van der Waals surface area contributed by atoms with Crippen molar-refractivity contribution in [2.24, 2.45) is 5.92 Å². The lowest BCUT2D eigenvalue weighted by molar-refractivity contribution is -0.141. The van der Waals surface area contributed by atoms with Gasteiger partial charge < -0.3 is 10.1 Å². The summed E-state index contributed by atoms with van der Waals surface area (Å²) in [6.07, 6.45) is -1.19. The topological polar surface area (TPSA) is 97.3 Å². The van der Waals surface area contributed by atoms with Crippen molar-refractivity contribution in [3.8, 4) is 11.3 Å². The highest BCUT2D eigenvalue weighted by atomic mass is 19.4. The molecule has 4 rings (SSSR count). The predicted octanol–water partition coefficient (Wildman–Crippen LogP) is 3.57. The molecule has 33 heavy (non-hydrogen) atoms. The summed E-state index contributed by atoms with van der Waals surface area (Å²) in [5, 5.41) is 2.79. The fourth-order valence-corrected chi connectivity index (χ4v) is 3.93. The molecule has 2 aliphatic rings. The van der Waals surface area contributed by atoms with Crippen molar-refractivity contribution in [1.82, 2.24) is 25.2 Å². The van der Waals surface area contributed by atoms with Crippen LogP contribution in [0.1, 0.15) is 45.0 Å². The quantitative estimate of drug-likeness (QED) is 0.745. The third kappa shape index (κ3) is 5.23. The van der Waals surface area contributed by atoms with Gasteiger partial charge in [0.15, 0.2) is 0 Å². The Morgan fingerprint density at radius 3 is 2.55 bits per heavy atom. The first-order valence-electron chi connectivity index (χ1n) is 10.6. The van der Waals surface area contributed by atoms with Gasteiger partial charge in [0.2, 0.25) is 5.91 Å². The van der Waals surface area contributed by atoms with Gasteiger partial charge in [-0.25, -0.2) is 14.8 Å². The fraction of sp³-hybridized carbons (Fsp3) is 0.500. The van der Waals surface area contributed by atoms with Gasteiger partial charge in [-0.15, -0.1) is 0 Å². The van der Waals surface area contributed by atoms with Crippen LogP contribution in [-0.4, -0.2) is 49.5 Å². The molecule has 1 saturated heterocycles. The fourth-order valence-electron chi connectivity index (χ4n) is 3.93. The normalized spacial score (nSPS) is 22.0. The Morgan fingerprint density at radius 1 is 1.15 bits per heavy atom. The van der Waals surface area contributed by atoms with E-state index in [0.717, 1.165) is 18.7 Å². The smallest absolute Gasteiger partial charge is 0.433 e. The number of fused-ring (bicyclic) bond motifs is 1. The average Bonchev–Trinajstić information content (AvgIpc) is 3.39. The Morgan fingerprint density at radius 2 is 1.91 bits per heavy atom. The molecule has 0 aromatic carbocycles. The summed E-state index contributed by atoms with van der Waals surface area (Å²) in [7, 11) is 0. The van der Waals surface area contributed by atoms with Gasteiger partial charge >= 0.3 is 12.3 Å². The van der Waals surface area contributed by atoms with Crippen molar-refractivity contribution in [1.29, 1.82) is 0 Å². The van der Waals surface area contributed by atoms with E-state index in [9.17, 15) is 22.8 Å². The van der Waals surface area contributed by atoms with Crippen LogP contribution in [0.5, 0.6) is 0 Å². The number of hydrogen-bond acceptors (Lipinski definition) is 6. The Hall–Kier alpha value is -3.24. The van der Waals surface area contributed by atoms with Crippen LogP contribution in [0.2, 0.25) is 0 Å². The van der Waals surface area contributed by atoms with Crippen LogP contribution < -0.4 is 5.32 Å². The standard InChI is InChI=1S/C22H24F3N5O3/c1-21(2,3)33-20(32)30-16-6-13(16)7-17(30)19(31)27-10-14-8-15(29-11-28-14)12-4-5-18(26-9-12)22(23,24)25/h4-5,8-9,11,13,16-17H,6-7,10H2,1-3H3,(H,27,31)/t13-,16-,17+/m1/s1. The number of carbonyl (C=O) groups excluding carboxylic acids is 2. The second-order valence-corrected chi connectivity index (χ2v) is 9.24. The van der Waals surface area contributed by atoms with Gasteiger partial charge in [-0.2, -0.15) is 13.2 Å². The maximum Gasteiger partial charge on any atom is 0.433 e. The lowest BCUT2D eigenvalue weighted by Gasteiger charge is -2.29. The molecule has 0 bridgehead atoms. The number of ether oxygens (including phenoxy) is 1. The zero-order chi connectivity index (χ0) is 24.0. The van der Waals surface area contributed by atoms with Gasteiger partial charge in [0.25, 0.3) is 0 Å². The van der Waals surface area contributed by atoms with Gasteiger partial charge in [0, 0.05) is 17.8 Å². The predicted molar refractivity (Wildman–Crippen MR) is 110 cm³/mol. The highest BCUT2D eigenvalue weighted by Crippen LogP contribution is 2.48. The minimum Gasteiger partial charge on any atom is -0.444 e. The summed E-state index contributed by atoms with van der Waals surface area (Å²) in [5.41, 5.74) is -0.398. The lowest BCUT2D eigenvalue weighted by Crippen LogP contribution is -2.49. The molecule has 2 amide bonds. The number of nitrogens with zero attached hydrogens (tertiary/aromatic N) is 4. The molecule has 0 unspecified atom stereocenters. The van der Waals surface area contributed by atoms with Crippen LogP contribution in [0.3, 0.4) is 0 Å². The van der Waals surface area contributed by atoms with E-state index >= 15 is 0 Å². The van der Waals surface area contributed by atoms with E-state index in [-0.39, 0.29) is 18.5 Å². The number of aromatic nitrogens is 3. The number of nitrogens with one attached hydrogen (secondary N) is 1. The molecule has 8 nitrogen and oxygen atoms in total. The minimum absolute atomic E-state index is 0.0356. The van der Waals surface area contributed by atoms with Crippen molar-refractivity contribution in [3.05, 3.63) is 42.1 Å². The Balaban J connectivity index is 1.40. The van der Waals surface area contributed by atoms with Crippen molar-refractivity contribution in [3.63, 3.8) is 0 Å². The number of amides is 2. The highest BCUT2D eigenvalue weighted by molar-refractivity contribution is 5.87. The molecule has 2 aromatic heterocycles. The number of carbonyl (C=O) groups is 2. The number of alkyl halides is 3. The minimum atomic E-state index is -4.52. The molecular weight excluding hydrogens is 439 g/mol. The average molecular weight is 463 g/mol. The number of halogens is 3. The van der Waals surface area contributed by atoms with Crippen molar-refractivity contribution in [2.45, 2.75) is 64.0 Å². The van der Waals surface area contributed by atoms with Crippen LogP contribution in [0, 0.1) is 5.92 Å². The van der Waals surface area contributed by atoms with Crippen LogP contribution in [0.4, 0.5) is 18.0 Å². The Labute approximate surface area is 188 Å². The number of hydrogen-bond donors (Lipinski definition) is 1. The molecule has 3 atom stereocenters. The summed E-state index contributed by atoms with van der Waals surface area (Å²) in [6.45, 7) is 5.41. The molecule has 11 heteroatoms. The summed E-state index contributed by atoms with van der Waals surface area (Å²) >= 11 is 0. The maximum atomic E-state index is 12.8. The number of likely N-dealkylation sites (tertiary alicyclic amines) is 1. The van der Waals surface area contributed by atoms with E-state index in [4.69, 9.17) is 4.74 Å². The molecule has 1 aliphatic heterocycles. The van der Waals surface area contributed by atoms with Gasteiger partial charge in [-0.05, 0) is 57.7 Å². The van der Waals surface area contributed by atoms with Gasteiger partial charge in [-0.3, -0.25) is 14.7 Å². The number of pyridine rings is 1. The summed E-state index contributed by atoms with van der Waals surface area (Å²) in [6, 6.07) is 3.17. The van der Waals surface area contributed by atoms with Gasteiger partial charge in [0.05, 0.1) is 17.9 Å². The zero-order valence-electron chi connectivity index (χ0n) is 18.4. The Kier molecular flexibility index (Phi) is 5.75. The van der Waals surface area contributed by atoms with E-state index in [0.29, 0.717) is 29.3 Å². The van der Waals surface area contributed by atoms with E-state index < -0.39 is 29.6 Å². The first kappa shape index (κ1) is 22.9.